The third-order valence-electron chi connectivity index (χ3n) is 5.00. The van der Waals surface area contributed by atoms with Gasteiger partial charge in [-0.3, -0.25) is 9.36 Å². The first-order valence-corrected chi connectivity index (χ1v) is 9.95. The first kappa shape index (κ1) is 22.5. The number of anilines is 3. The molecule has 4 aromatic rings. The van der Waals surface area contributed by atoms with E-state index in [0.29, 0.717) is 0 Å². The van der Waals surface area contributed by atoms with Gasteiger partial charge in [-0.1, -0.05) is 18.2 Å². The molecule has 0 aliphatic heterocycles. The monoisotopic (exact) mass is 466 g/mol. The minimum absolute atomic E-state index is 0.00948. The van der Waals surface area contributed by atoms with Gasteiger partial charge in [-0.2, -0.15) is 15.2 Å². The Kier molecular flexibility index (Phi) is 6.01. The summed E-state index contributed by atoms with van der Waals surface area (Å²) in [5.41, 5.74) is 10.5. The number of nitrogens with one attached hydrogen (secondary N) is 1. The molecule has 0 radical (unpaired) electrons. The summed E-state index contributed by atoms with van der Waals surface area (Å²) < 4.78 is 42.1. The number of halogens is 3. The van der Waals surface area contributed by atoms with E-state index < -0.39 is 17.8 Å². The van der Waals surface area contributed by atoms with Crippen LogP contribution < -0.4 is 22.3 Å². The molecule has 2 aromatic heterocycles. The highest BCUT2D eigenvalue weighted by Crippen LogP contribution is 2.23. The minimum Gasteiger partial charge on any atom is -0.382 e. The molecular weight excluding hydrogens is 449 g/mol. The summed E-state index contributed by atoms with van der Waals surface area (Å²) in [6.45, 7) is 0.104. The zero-order chi connectivity index (χ0) is 24.4. The number of aromatic nitrogens is 4. The summed E-state index contributed by atoms with van der Waals surface area (Å²) in [5, 5.41) is 11.9. The topological polar surface area (TPSA) is 149 Å². The van der Waals surface area contributed by atoms with Gasteiger partial charge in [-0.05, 0) is 24.3 Å². The van der Waals surface area contributed by atoms with Crippen LogP contribution >= 0.6 is 0 Å². The number of hydrogen-bond acceptors (Lipinski definition) is 8. The number of nitrogens with zero attached hydrogens (tertiary/aromatic N) is 5. The van der Waals surface area contributed by atoms with Crippen LogP contribution in [-0.2, 0) is 6.42 Å². The average molecular weight is 466 g/mol. The van der Waals surface area contributed by atoms with Gasteiger partial charge < -0.3 is 16.8 Å². The maximum absolute atomic E-state index is 14.5. The highest BCUT2D eigenvalue weighted by atomic mass is 19.3. The molecule has 4 rings (SSSR count). The Bertz CT molecular complexity index is 1500. The van der Waals surface area contributed by atoms with Crippen molar-refractivity contribution >= 4 is 28.5 Å². The Labute approximate surface area is 190 Å². The molecule has 34 heavy (non-hydrogen) atoms. The lowest BCUT2D eigenvalue weighted by atomic mass is 10.1. The van der Waals surface area contributed by atoms with E-state index in [1.165, 1.54) is 30.3 Å². The van der Waals surface area contributed by atoms with E-state index in [-0.39, 0.29) is 64.1 Å². The standard InChI is InChI=1S/C22H17F3N8O/c23-14-5-2-6-15-17(14)21(34)33(12-4-1-3-11(9-12)18(24)25)16(30-15)7-8-29-20-13(10-26)19(27)31-22(28)32-20/h1-6,9,18H,7-8H2,(H5,27,28,29,31,32). The molecule has 172 valence electrons. The van der Waals surface area contributed by atoms with Gasteiger partial charge in [0.2, 0.25) is 5.95 Å². The Morgan fingerprint density at radius 1 is 1.12 bits per heavy atom. The minimum atomic E-state index is -2.76. The molecule has 0 spiro atoms. The van der Waals surface area contributed by atoms with Crippen molar-refractivity contribution in [1.29, 1.82) is 5.26 Å². The van der Waals surface area contributed by atoms with Crippen LogP contribution in [0, 0.1) is 17.1 Å². The molecule has 12 heteroatoms. The molecule has 0 aliphatic rings. The molecule has 0 fully saturated rings. The van der Waals surface area contributed by atoms with Crippen LogP contribution in [0.2, 0.25) is 0 Å². The summed E-state index contributed by atoms with van der Waals surface area (Å²) in [7, 11) is 0. The summed E-state index contributed by atoms with van der Waals surface area (Å²) in [6, 6.07) is 11.1. The van der Waals surface area contributed by atoms with Crippen molar-refractivity contribution in [1.82, 2.24) is 19.5 Å². The summed E-state index contributed by atoms with van der Waals surface area (Å²) >= 11 is 0. The van der Waals surface area contributed by atoms with Crippen LogP contribution in [0.4, 0.5) is 30.8 Å². The number of nitrogens with two attached hydrogens (primary N) is 2. The Morgan fingerprint density at radius 3 is 2.62 bits per heavy atom. The lowest BCUT2D eigenvalue weighted by molar-refractivity contribution is 0.151. The molecule has 2 heterocycles. The maximum Gasteiger partial charge on any atom is 0.268 e. The quantitative estimate of drug-likeness (QED) is 0.393. The van der Waals surface area contributed by atoms with Crippen molar-refractivity contribution < 1.29 is 13.2 Å². The summed E-state index contributed by atoms with van der Waals surface area (Å²) in [5.74, 6) is -0.746. The smallest absolute Gasteiger partial charge is 0.268 e. The zero-order valence-corrected chi connectivity index (χ0v) is 17.5. The maximum atomic E-state index is 14.5. The zero-order valence-electron chi connectivity index (χ0n) is 17.5. The van der Waals surface area contributed by atoms with Gasteiger partial charge in [0, 0.05) is 18.5 Å². The number of hydrogen-bond donors (Lipinski definition) is 3. The van der Waals surface area contributed by atoms with E-state index in [1.54, 1.807) is 0 Å². The highest BCUT2D eigenvalue weighted by molar-refractivity contribution is 5.78. The molecule has 0 saturated carbocycles. The number of alkyl halides is 2. The fourth-order valence-electron chi connectivity index (χ4n) is 3.50. The second kappa shape index (κ2) is 9.07. The van der Waals surface area contributed by atoms with Crippen molar-refractivity contribution in [3.8, 4) is 11.8 Å². The molecule has 0 atom stereocenters. The number of benzene rings is 2. The molecule has 9 nitrogen and oxygen atoms in total. The SMILES string of the molecule is N#Cc1c(N)nc(N)nc1NCCc1nc2cccc(F)c2c(=O)n1-c1cccc(C(F)F)c1. The van der Waals surface area contributed by atoms with Crippen molar-refractivity contribution in [3.63, 3.8) is 0 Å². The Hall–Kier alpha value is -4.66. The van der Waals surface area contributed by atoms with Crippen LogP contribution in [0.15, 0.2) is 47.3 Å². The van der Waals surface area contributed by atoms with Crippen LogP contribution in [-0.4, -0.2) is 26.1 Å². The molecule has 5 N–H and O–H groups in total. The van der Waals surface area contributed by atoms with Crippen molar-refractivity contribution in [3.05, 3.63) is 75.6 Å². The van der Waals surface area contributed by atoms with Gasteiger partial charge in [0.05, 0.1) is 11.2 Å². The van der Waals surface area contributed by atoms with Gasteiger partial charge >= 0.3 is 0 Å². The second-order valence-electron chi connectivity index (χ2n) is 7.18. The van der Waals surface area contributed by atoms with Crippen molar-refractivity contribution in [2.45, 2.75) is 12.8 Å². The van der Waals surface area contributed by atoms with Gasteiger partial charge in [0.1, 0.15) is 34.5 Å². The third kappa shape index (κ3) is 4.18. The van der Waals surface area contributed by atoms with E-state index in [9.17, 15) is 23.2 Å². The van der Waals surface area contributed by atoms with E-state index in [2.05, 4.69) is 20.3 Å². The normalized spacial score (nSPS) is 11.0. The van der Waals surface area contributed by atoms with E-state index in [4.69, 9.17) is 11.5 Å². The molecular formula is C22H17F3N8O. The summed E-state index contributed by atoms with van der Waals surface area (Å²) in [4.78, 5) is 25.3. The fraction of sp³-hybridized carbons (Fsp3) is 0.136. The largest absolute Gasteiger partial charge is 0.382 e. The fourth-order valence-corrected chi connectivity index (χ4v) is 3.50. The number of nitrogen functional groups attached to an aromatic ring is 2. The summed E-state index contributed by atoms with van der Waals surface area (Å²) in [6.07, 6.45) is -2.68. The van der Waals surface area contributed by atoms with Gasteiger partial charge in [-0.25, -0.2) is 18.2 Å². The number of rotatable bonds is 6. The average Bonchev–Trinajstić information content (AvgIpc) is 2.79. The third-order valence-corrected chi connectivity index (χ3v) is 5.00. The lowest BCUT2D eigenvalue weighted by Crippen LogP contribution is -2.26. The predicted octanol–water partition coefficient (Wildman–Crippen LogP) is 2.94. The molecule has 0 bridgehead atoms. The Balaban J connectivity index is 1.78. The lowest BCUT2D eigenvalue weighted by Gasteiger charge is -2.15. The van der Waals surface area contributed by atoms with Gasteiger partial charge in [0.15, 0.2) is 5.82 Å². The van der Waals surface area contributed by atoms with Crippen molar-refractivity contribution in [2.24, 2.45) is 0 Å². The van der Waals surface area contributed by atoms with E-state index >= 15 is 0 Å². The highest BCUT2D eigenvalue weighted by Gasteiger charge is 2.18. The van der Waals surface area contributed by atoms with Crippen LogP contribution in [0.1, 0.15) is 23.4 Å². The molecule has 0 amide bonds. The molecule has 0 aliphatic carbocycles. The molecule has 0 unspecified atom stereocenters. The first-order chi connectivity index (χ1) is 16.3. The van der Waals surface area contributed by atoms with E-state index in [0.717, 1.165) is 16.7 Å². The number of nitriles is 1. The second-order valence-corrected chi connectivity index (χ2v) is 7.18. The van der Waals surface area contributed by atoms with Crippen LogP contribution in [0.25, 0.3) is 16.6 Å². The molecule has 2 aromatic carbocycles. The van der Waals surface area contributed by atoms with Crippen LogP contribution in [0.3, 0.4) is 0 Å². The first-order valence-electron chi connectivity index (χ1n) is 9.95. The van der Waals surface area contributed by atoms with Gasteiger partial charge in [0.25, 0.3) is 12.0 Å². The molecule has 0 saturated heterocycles. The van der Waals surface area contributed by atoms with Crippen molar-refractivity contribution in [2.75, 3.05) is 23.3 Å². The Morgan fingerprint density at radius 2 is 1.88 bits per heavy atom. The van der Waals surface area contributed by atoms with Gasteiger partial charge in [-0.15, -0.1) is 0 Å². The van der Waals surface area contributed by atoms with Crippen LogP contribution in [0.5, 0.6) is 0 Å². The van der Waals surface area contributed by atoms with E-state index in [1.807, 2.05) is 6.07 Å². The number of fused-ring (bicyclic) bond motifs is 1. The predicted molar refractivity (Wildman–Crippen MR) is 120 cm³/mol.